The van der Waals surface area contributed by atoms with E-state index in [1.54, 1.807) is 0 Å². The van der Waals surface area contributed by atoms with Crippen molar-refractivity contribution in [3.63, 3.8) is 0 Å². The topological polar surface area (TPSA) is 15.8 Å². The van der Waals surface area contributed by atoms with Gasteiger partial charge in [-0.1, -0.05) is 97.1 Å². The lowest BCUT2D eigenvalue weighted by Gasteiger charge is -2.11. The second kappa shape index (κ2) is 5.36. The highest BCUT2D eigenvalue weighted by Gasteiger charge is 2.14. The molecule has 0 aliphatic heterocycles. The Hall–Kier alpha value is -3.84. The Morgan fingerprint density at radius 1 is 0.345 bits per heavy atom. The van der Waals surface area contributed by atoms with Crippen LogP contribution in [0.1, 0.15) is 0 Å². The maximum absolute atomic E-state index is 3.82. The van der Waals surface area contributed by atoms with E-state index in [2.05, 4.69) is 102 Å². The highest BCUT2D eigenvalue weighted by molar-refractivity contribution is 6.33. The predicted molar refractivity (Wildman–Crippen MR) is 126 cm³/mol. The highest BCUT2D eigenvalue weighted by Crippen LogP contribution is 2.41. The van der Waals surface area contributed by atoms with Crippen molar-refractivity contribution in [3.8, 4) is 0 Å². The lowest BCUT2D eigenvalue weighted by Crippen LogP contribution is -1.84. The number of fused-ring (bicyclic) bond motifs is 12. The zero-order chi connectivity index (χ0) is 18.9. The van der Waals surface area contributed by atoms with Crippen molar-refractivity contribution < 1.29 is 0 Å². The Bertz CT molecular complexity index is 1720. The van der Waals surface area contributed by atoms with Gasteiger partial charge in [0, 0.05) is 21.5 Å². The Kier molecular flexibility index (Phi) is 2.80. The number of nitrogens with one attached hydrogen (secondary N) is 1. The van der Waals surface area contributed by atoms with Crippen LogP contribution >= 0.6 is 0 Å². The molecule has 0 amide bonds. The van der Waals surface area contributed by atoms with E-state index in [9.17, 15) is 0 Å². The first-order chi connectivity index (χ1) is 14.4. The molecule has 0 atom stereocenters. The van der Waals surface area contributed by atoms with Gasteiger partial charge in [0.05, 0.1) is 11.0 Å². The van der Waals surface area contributed by atoms with Gasteiger partial charge in [-0.05, 0) is 32.3 Å². The zero-order valence-electron chi connectivity index (χ0n) is 15.7. The fourth-order valence-corrected chi connectivity index (χ4v) is 5.11. The third-order valence-electron chi connectivity index (χ3n) is 6.38. The minimum Gasteiger partial charge on any atom is -0.353 e. The SMILES string of the molecule is c1ccc2c(c1)ccc1c3ccc4c5ccccc5c5ccccc5c4c3[nH]c21. The molecule has 0 bridgehead atoms. The largest absolute Gasteiger partial charge is 0.353 e. The average molecular weight is 367 g/mol. The number of aromatic nitrogens is 1. The second-order valence-electron chi connectivity index (χ2n) is 7.84. The molecule has 0 aliphatic carbocycles. The number of benzene rings is 6. The fraction of sp³-hybridized carbons (Fsp3) is 0. The summed E-state index contributed by atoms with van der Waals surface area (Å²) in [4.78, 5) is 3.82. The van der Waals surface area contributed by atoms with Gasteiger partial charge in [-0.3, -0.25) is 0 Å². The van der Waals surface area contributed by atoms with Crippen LogP contribution in [0.5, 0.6) is 0 Å². The Labute approximate surface area is 167 Å². The molecule has 1 heteroatoms. The van der Waals surface area contributed by atoms with Crippen LogP contribution in [-0.4, -0.2) is 4.98 Å². The summed E-state index contributed by atoms with van der Waals surface area (Å²) >= 11 is 0. The van der Waals surface area contributed by atoms with Crippen molar-refractivity contribution in [2.75, 3.05) is 0 Å². The van der Waals surface area contributed by atoms with Crippen molar-refractivity contribution in [2.24, 2.45) is 0 Å². The second-order valence-corrected chi connectivity index (χ2v) is 7.84. The lowest BCUT2D eigenvalue weighted by atomic mass is 9.93. The molecule has 0 fully saturated rings. The molecule has 7 aromatic rings. The van der Waals surface area contributed by atoms with Crippen LogP contribution in [0.2, 0.25) is 0 Å². The lowest BCUT2D eigenvalue weighted by molar-refractivity contribution is 1.59. The Morgan fingerprint density at radius 3 is 1.59 bits per heavy atom. The third-order valence-corrected chi connectivity index (χ3v) is 6.38. The molecular weight excluding hydrogens is 350 g/mol. The molecule has 1 nitrogen and oxygen atoms in total. The van der Waals surface area contributed by atoms with Gasteiger partial charge in [0.1, 0.15) is 0 Å². The van der Waals surface area contributed by atoms with Crippen molar-refractivity contribution >= 4 is 64.9 Å². The highest BCUT2D eigenvalue weighted by atomic mass is 14.7. The van der Waals surface area contributed by atoms with Gasteiger partial charge in [0.25, 0.3) is 0 Å². The van der Waals surface area contributed by atoms with Gasteiger partial charge in [0.2, 0.25) is 0 Å². The predicted octanol–water partition coefficient (Wildman–Crippen LogP) is 7.93. The summed E-state index contributed by atoms with van der Waals surface area (Å²) in [5.41, 5.74) is 2.46. The molecule has 0 saturated carbocycles. The van der Waals surface area contributed by atoms with Crippen LogP contribution in [0, 0.1) is 0 Å². The number of hydrogen-bond donors (Lipinski definition) is 1. The molecule has 0 unspecified atom stereocenters. The number of hydrogen-bond acceptors (Lipinski definition) is 0. The van der Waals surface area contributed by atoms with E-state index in [0.717, 1.165) is 0 Å². The van der Waals surface area contributed by atoms with Crippen LogP contribution in [0.15, 0.2) is 97.1 Å². The average Bonchev–Trinajstić information content (AvgIpc) is 3.18. The Morgan fingerprint density at radius 2 is 0.828 bits per heavy atom. The van der Waals surface area contributed by atoms with E-state index in [1.807, 2.05) is 0 Å². The first kappa shape index (κ1) is 15.1. The summed E-state index contributed by atoms with van der Waals surface area (Å²) in [5, 5.41) is 13.0. The molecule has 1 N–H and O–H groups in total. The molecule has 29 heavy (non-hydrogen) atoms. The summed E-state index contributed by atoms with van der Waals surface area (Å²) < 4.78 is 0. The summed E-state index contributed by atoms with van der Waals surface area (Å²) in [5.74, 6) is 0. The van der Waals surface area contributed by atoms with Crippen molar-refractivity contribution in [1.29, 1.82) is 0 Å². The molecule has 1 aromatic heterocycles. The molecule has 6 aromatic carbocycles. The van der Waals surface area contributed by atoms with Gasteiger partial charge in [-0.15, -0.1) is 0 Å². The number of H-pyrrole nitrogens is 1. The van der Waals surface area contributed by atoms with Crippen LogP contribution in [0.4, 0.5) is 0 Å². The molecule has 7 rings (SSSR count). The van der Waals surface area contributed by atoms with E-state index < -0.39 is 0 Å². The van der Waals surface area contributed by atoms with Crippen LogP contribution in [0.3, 0.4) is 0 Å². The van der Waals surface area contributed by atoms with Crippen molar-refractivity contribution in [1.82, 2.24) is 4.98 Å². The molecule has 0 radical (unpaired) electrons. The maximum Gasteiger partial charge on any atom is 0.0551 e. The van der Waals surface area contributed by atoms with Crippen molar-refractivity contribution in [3.05, 3.63) is 97.1 Å². The minimum absolute atomic E-state index is 1.22. The van der Waals surface area contributed by atoms with E-state index >= 15 is 0 Å². The van der Waals surface area contributed by atoms with Gasteiger partial charge in [-0.2, -0.15) is 0 Å². The van der Waals surface area contributed by atoms with Gasteiger partial charge in [0.15, 0.2) is 0 Å². The van der Waals surface area contributed by atoms with Crippen LogP contribution in [-0.2, 0) is 0 Å². The van der Waals surface area contributed by atoms with E-state index in [-0.39, 0.29) is 0 Å². The number of rotatable bonds is 0. The van der Waals surface area contributed by atoms with Crippen molar-refractivity contribution in [2.45, 2.75) is 0 Å². The molecule has 0 spiro atoms. The summed E-state index contributed by atoms with van der Waals surface area (Å²) in [7, 11) is 0. The van der Waals surface area contributed by atoms with E-state index in [0.29, 0.717) is 0 Å². The first-order valence-corrected chi connectivity index (χ1v) is 10.1. The number of aromatic amines is 1. The minimum atomic E-state index is 1.22. The quantitative estimate of drug-likeness (QED) is 0.262. The summed E-state index contributed by atoms with van der Waals surface area (Å²) in [6, 6.07) is 35.2. The molecular formula is C28H17N. The smallest absolute Gasteiger partial charge is 0.0551 e. The van der Waals surface area contributed by atoms with Crippen LogP contribution in [0.25, 0.3) is 64.9 Å². The summed E-state index contributed by atoms with van der Waals surface area (Å²) in [6.07, 6.45) is 0. The van der Waals surface area contributed by atoms with Gasteiger partial charge >= 0.3 is 0 Å². The van der Waals surface area contributed by atoms with E-state index in [1.165, 1.54) is 64.9 Å². The molecule has 134 valence electrons. The van der Waals surface area contributed by atoms with Gasteiger partial charge < -0.3 is 4.98 Å². The van der Waals surface area contributed by atoms with Gasteiger partial charge in [-0.25, -0.2) is 0 Å². The fourth-order valence-electron chi connectivity index (χ4n) is 5.11. The normalized spacial score (nSPS) is 12.1. The van der Waals surface area contributed by atoms with Crippen LogP contribution < -0.4 is 0 Å². The monoisotopic (exact) mass is 367 g/mol. The Balaban J connectivity index is 1.82. The van der Waals surface area contributed by atoms with E-state index in [4.69, 9.17) is 0 Å². The molecule has 0 aliphatic rings. The molecule has 0 saturated heterocycles. The first-order valence-electron chi connectivity index (χ1n) is 10.1. The maximum atomic E-state index is 3.82. The third kappa shape index (κ3) is 1.89. The standard InChI is InChI=1S/C28H17N/c1-2-8-18-17(7-1)13-14-24-25-16-15-23-21-11-4-3-9-19(21)20-10-5-6-12-22(20)26(23)28(25)29-27(18)24/h1-16,29H. The zero-order valence-corrected chi connectivity index (χ0v) is 15.7. The molecule has 1 heterocycles. The summed E-state index contributed by atoms with van der Waals surface area (Å²) in [6.45, 7) is 0.